The molecule has 1 aliphatic carbocycles. The second kappa shape index (κ2) is 9.52. The molecule has 3 rings (SSSR count). The van der Waals surface area contributed by atoms with Gasteiger partial charge in [0, 0.05) is 5.56 Å². The first-order chi connectivity index (χ1) is 13.9. The number of ether oxygens (including phenoxy) is 3. The number of allylic oxidation sites excluding steroid dienone is 1. The van der Waals surface area contributed by atoms with Gasteiger partial charge in [0.25, 0.3) is 0 Å². The summed E-state index contributed by atoms with van der Waals surface area (Å²) >= 11 is 0. The fourth-order valence-corrected chi connectivity index (χ4v) is 4.48. The third-order valence-corrected chi connectivity index (χ3v) is 6.22. The lowest BCUT2D eigenvalue weighted by atomic mass is 9.78. The summed E-state index contributed by atoms with van der Waals surface area (Å²) in [6, 6.07) is 2.40. The molecule has 1 heterocycles. The van der Waals surface area contributed by atoms with Crippen LogP contribution in [0.2, 0.25) is 0 Å². The van der Waals surface area contributed by atoms with E-state index in [9.17, 15) is 13.2 Å². The van der Waals surface area contributed by atoms with Gasteiger partial charge >= 0.3 is 6.11 Å². The fraction of sp³-hybridized carbons (Fsp3) is 0.652. The molecule has 162 valence electrons. The van der Waals surface area contributed by atoms with Crippen LogP contribution in [-0.4, -0.2) is 25.4 Å². The molecular weight excluding hydrogens is 381 g/mol. The lowest BCUT2D eigenvalue weighted by Gasteiger charge is -2.38. The molecule has 2 unspecified atom stereocenters. The number of hydrogen-bond donors (Lipinski definition) is 0. The van der Waals surface area contributed by atoms with Gasteiger partial charge in [-0.05, 0) is 76.3 Å². The van der Waals surface area contributed by atoms with Gasteiger partial charge in [-0.1, -0.05) is 6.08 Å². The molecule has 0 bridgehead atoms. The van der Waals surface area contributed by atoms with E-state index in [1.165, 1.54) is 19.1 Å². The van der Waals surface area contributed by atoms with Crippen LogP contribution >= 0.6 is 0 Å². The first kappa shape index (κ1) is 22.2. The molecule has 3 nitrogen and oxygen atoms in total. The molecule has 0 N–H and O–H groups in total. The maximum atomic E-state index is 14.7. The van der Waals surface area contributed by atoms with Crippen molar-refractivity contribution in [3.8, 4) is 5.75 Å². The normalized spacial score (nSPS) is 28.2. The number of halogens is 3. The molecule has 2 atom stereocenters. The number of benzene rings is 1. The maximum absolute atomic E-state index is 14.7. The van der Waals surface area contributed by atoms with Crippen LogP contribution in [0.15, 0.2) is 24.8 Å². The Labute approximate surface area is 171 Å². The van der Waals surface area contributed by atoms with Gasteiger partial charge in [-0.15, -0.1) is 6.58 Å². The predicted octanol–water partition coefficient (Wildman–Crippen LogP) is 6.14. The highest BCUT2D eigenvalue weighted by molar-refractivity contribution is 5.38. The van der Waals surface area contributed by atoms with Crippen LogP contribution in [0.3, 0.4) is 0 Å². The van der Waals surface area contributed by atoms with Crippen molar-refractivity contribution in [3.05, 3.63) is 41.7 Å². The maximum Gasteiger partial charge on any atom is 0.384 e. The molecule has 0 amide bonds. The molecule has 2 fully saturated rings. The molecule has 1 aromatic rings. The molecule has 6 heteroatoms. The molecule has 1 saturated carbocycles. The lowest BCUT2D eigenvalue weighted by molar-refractivity contribution is -0.290. The van der Waals surface area contributed by atoms with Crippen LogP contribution in [0.25, 0.3) is 0 Å². The third-order valence-electron chi connectivity index (χ3n) is 6.22. The van der Waals surface area contributed by atoms with Crippen molar-refractivity contribution in [1.82, 2.24) is 0 Å². The summed E-state index contributed by atoms with van der Waals surface area (Å²) in [5.74, 6) is 0.264. The molecule has 0 spiro atoms. The van der Waals surface area contributed by atoms with Crippen LogP contribution < -0.4 is 4.74 Å². The van der Waals surface area contributed by atoms with E-state index in [2.05, 4.69) is 6.58 Å². The number of alkyl halides is 2. The van der Waals surface area contributed by atoms with Crippen molar-refractivity contribution < 1.29 is 27.4 Å². The van der Waals surface area contributed by atoms with Crippen molar-refractivity contribution in [2.45, 2.75) is 70.7 Å². The minimum Gasteiger partial charge on any atom is -0.491 e. The minimum atomic E-state index is -3.58. The Bertz CT molecular complexity index is 691. The van der Waals surface area contributed by atoms with Gasteiger partial charge in [-0.2, -0.15) is 8.78 Å². The largest absolute Gasteiger partial charge is 0.491 e. The van der Waals surface area contributed by atoms with Gasteiger partial charge in [-0.25, -0.2) is 4.39 Å². The minimum absolute atomic E-state index is 0.0282. The average molecular weight is 412 g/mol. The molecule has 0 aromatic heterocycles. The van der Waals surface area contributed by atoms with E-state index in [4.69, 9.17) is 14.2 Å². The topological polar surface area (TPSA) is 27.7 Å². The summed E-state index contributed by atoms with van der Waals surface area (Å²) in [7, 11) is 0. The van der Waals surface area contributed by atoms with Gasteiger partial charge in [0.15, 0.2) is 11.6 Å². The highest BCUT2D eigenvalue weighted by Gasteiger charge is 2.41. The van der Waals surface area contributed by atoms with E-state index in [1.54, 1.807) is 6.92 Å². The zero-order valence-corrected chi connectivity index (χ0v) is 17.3. The van der Waals surface area contributed by atoms with Gasteiger partial charge in [-0.3, -0.25) is 0 Å². The van der Waals surface area contributed by atoms with Crippen LogP contribution in [0.1, 0.15) is 56.6 Å². The van der Waals surface area contributed by atoms with E-state index >= 15 is 0 Å². The van der Waals surface area contributed by atoms with E-state index in [1.807, 2.05) is 6.08 Å². The van der Waals surface area contributed by atoms with Crippen LogP contribution in [0.4, 0.5) is 13.2 Å². The summed E-state index contributed by atoms with van der Waals surface area (Å²) in [6.07, 6.45) is 3.48. The average Bonchev–Trinajstić information content (AvgIpc) is 2.72. The van der Waals surface area contributed by atoms with Crippen molar-refractivity contribution in [2.24, 2.45) is 11.8 Å². The monoisotopic (exact) mass is 412 g/mol. The number of hydrogen-bond acceptors (Lipinski definition) is 3. The summed E-state index contributed by atoms with van der Waals surface area (Å²) in [6.45, 7) is 7.30. The van der Waals surface area contributed by atoms with Gasteiger partial charge < -0.3 is 14.2 Å². The molecule has 2 aliphatic rings. The van der Waals surface area contributed by atoms with E-state index in [0.717, 1.165) is 25.7 Å². The highest BCUT2D eigenvalue weighted by atomic mass is 19.3. The van der Waals surface area contributed by atoms with Crippen LogP contribution in [0, 0.1) is 24.6 Å². The summed E-state index contributed by atoms with van der Waals surface area (Å²) in [4.78, 5) is 0. The third kappa shape index (κ3) is 5.15. The number of rotatable bonds is 7. The Morgan fingerprint density at radius 1 is 1.17 bits per heavy atom. The second-order valence-electron chi connectivity index (χ2n) is 8.10. The Hall–Kier alpha value is -1.53. The van der Waals surface area contributed by atoms with E-state index in [0.29, 0.717) is 24.7 Å². The standard InChI is InChI=1S/C23H31F3O3/c1-4-16-6-8-17(9-7-16)20-12-10-18(14-28-20)29-23(25,26)19-11-13-21(27-5-2)22(24)15(19)3/h4,11,13,16-18,20H,1,5-10,12,14H2,2-3H3. The molecular formula is C23H31F3O3. The summed E-state index contributed by atoms with van der Waals surface area (Å²) in [5, 5.41) is 0. The van der Waals surface area contributed by atoms with Crippen molar-refractivity contribution >= 4 is 0 Å². The van der Waals surface area contributed by atoms with Gasteiger partial charge in [0.05, 0.1) is 31.0 Å². The zero-order chi connectivity index (χ0) is 21.0. The Balaban J connectivity index is 1.57. The highest BCUT2D eigenvalue weighted by Crippen LogP contribution is 2.39. The first-order valence-electron chi connectivity index (χ1n) is 10.6. The zero-order valence-electron chi connectivity index (χ0n) is 17.3. The SMILES string of the molecule is C=CC1CCC(C2CCC(OC(F)(F)c3ccc(OCC)c(F)c3C)CO2)CC1. The smallest absolute Gasteiger partial charge is 0.384 e. The van der Waals surface area contributed by atoms with E-state index < -0.39 is 23.6 Å². The Morgan fingerprint density at radius 3 is 2.48 bits per heavy atom. The van der Waals surface area contributed by atoms with Gasteiger partial charge in [0.1, 0.15) is 0 Å². The van der Waals surface area contributed by atoms with Gasteiger partial charge in [0.2, 0.25) is 0 Å². The summed E-state index contributed by atoms with van der Waals surface area (Å²) < 4.78 is 59.9. The predicted molar refractivity (Wildman–Crippen MR) is 106 cm³/mol. The quantitative estimate of drug-likeness (QED) is 0.504. The van der Waals surface area contributed by atoms with Crippen molar-refractivity contribution in [2.75, 3.05) is 13.2 Å². The summed E-state index contributed by atoms with van der Waals surface area (Å²) in [5.41, 5.74) is -0.627. The molecule has 1 aliphatic heterocycles. The Morgan fingerprint density at radius 2 is 1.90 bits per heavy atom. The Kier molecular flexibility index (Phi) is 7.28. The van der Waals surface area contributed by atoms with Crippen molar-refractivity contribution in [1.29, 1.82) is 0 Å². The van der Waals surface area contributed by atoms with E-state index in [-0.39, 0.29) is 30.6 Å². The molecule has 29 heavy (non-hydrogen) atoms. The van der Waals surface area contributed by atoms with Crippen LogP contribution in [-0.2, 0) is 15.6 Å². The second-order valence-corrected chi connectivity index (χ2v) is 8.10. The molecule has 0 radical (unpaired) electrons. The molecule has 1 saturated heterocycles. The van der Waals surface area contributed by atoms with Crippen molar-refractivity contribution in [3.63, 3.8) is 0 Å². The fourth-order valence-electron chi connectivity index (χ4n) is 4.48. The first-order valence-corrected chi connectivity index (χ1v) is 10.6. The lowest BCUT2D eigenvalue weighted by Crippen LogP contribution is -2.39. The van der Waals surface area contributed by atoms with Crippen LogP contribution in [0.5, 0.6) is 5.75 Å². The molecule has 1 aromatic carbocycles.